The van der Waals surface area contributed by atoms with Gasteiger partial charge >= 0.3 is 0 Å². The minimum absolute atomic E-state index is 0.0230. The van der Waals surface area contributed by atoms with E-state index in [-0.39, 0.29) is 29.0 Å². The lowest BCUT2D eigenvalue weighted by Crippen LogP contribution is -2.06. The summed E-state index contributed by atoms with van der Waals surface area (Å²) in [6, 6.07) is 8.16. The van der Waals surface area contributed by atoms with E-state index in [0.717, 1.165) is 6.07 Å². The first-order valence-corrected chi connectivity index (χ1v) is 6.29. The van der Waals surface area contributed by atoms with Crippen LogP contribution < -0.4 is 5.73 Å². The lowest BCUT2D eigenvalue weighted by molar-refractivity contribution is 0.0991. The van der Waals surface area contributed by atoms with Crippen molar-refractivity contribution in [3.63, 3.8) is 0 Å². The van der Waals surface area contributed by atoms with Crippen molar-refractivity contribution >= 4 is 27.4 Å². The summed E-state index contributed by atoms with van der Waals surface area (Å²) in [6.45, 7) is 0. The van der Waals surface area contributed by atoms with E-state index in [4.69, 9.17) is 5.73 Å². The number of Topliss-reactive ketones (excluding diaryl/α,β-unsaturated/α-hetero) is 1. The summed E-state index contributed by atoms with van der Waals surface area (Å²) in [7, 11) is 0. The molecule has 0 amide bonds. The number of carbonyl (C=O) groups excluding carboxylic acids is 1. The van der Waals surface area contributed by atoms with E-state index in [9.17, 15) is 13.6 Å². The number of ketones is 1. The fraction of sp³-hybridized carbons (Fsp3) is 0.0714. The highest BCUT2D eigenvalue weighted by Gasteiger charge is 2.12. The maximum atomic E-state index is 13.5. The molecule has 0 saturated carbocycles. The Morgan fingerprint density at radius 2 is 1.84 bits per heavy atom. The van der Waals surface area contributed by atoms with Crippen LogP contribution in [0.2, 0.25) is 0 Å². The predicted octanol–water partition coefficient (Wildman–Crippen LogP) is 3.73. The van der Waals surface area contributed by atoms with E-state index in [0.29, 0.717) is 4.47 Å². The molecule has 0 saturated heterocycles. The summed E-state index contributed by atoms with van der Waals surface area (Å²) in [4.78, 5) is 12.0. The minimum Gasteiger partial charge on any atom is -0.396 e. The zero-order valence-corrected chi connectivity index (χ0v) is 11.4. The maximum Gasteiger partial charge on any atom is 0.167 e. The molecule has 0 aromatic heterocycles. The van der Waals surface area contributed by atoms with Gasteiger partial charge in [-0.25, -0.2) is 8.78 Å². The van der Waals surface area contributed by atoms with Crippen LogP contribution >= 0.6 is 15.9 Å². The van der Waals surface area contributed by atoms with Gasteiger partial charge in [-0.3, -0.25) is 4.79 Å². The lowest BCUT2D eigenvalue weighted by Gasteiger charge is -2.05. The topological polar surface area (TPSA) is 43.1 Å². The van der Waals surface area contributed by atoms with Crippen molar-refractivity contribution in [2.45, 2.75) is 6.42 Å². The van der Waals surface area contributed by atoms with Crippen LogP contribution in [0.5, 0.6) is 0 Å². The highest BCUT2D eigenvalue weighted by molar-refractivity contribution is 9.10. The highest BCUT2D eigenvalue weighted by atomic mass is 79.9. The number of nitrogens with two attached hydrogens (primary N) is 1. The maximum absolute atomic E-state index is 13.5. The van der Waals surface area contributed by atoms with Crippen LogP contribution in [0.15, 0.2) is 40.9 Å². The Labute approximate surface area is 117 Å². The molecule has 2 aromatic carbocycles. The first-order valence-electron chi connectivity index (χ1n) is 5.49. The number of nitrogen functional groups attached to an aromatic ring is 1. The van der Waals surface area contributed by atoms with Gasteiger partial charge in [-0.2, -0.15) is 0 Å². The highest BCUT2D eigenvalue weighted by Crippen LogP contribution is 2.19. The summed E-state index contributed by atoms with van der Waals surface area (Å²) in [6.07, 6.45) is -0.130. The predicted molar refractivity (Wildman–Crippen MR) is 72.9 cm³/mol. The van der Waals surface area contributed by atoms with Crippen molar-refractivity contribution in [3.05, 3.63) is 63.6 Å². The summed E-state index contributed by atoms with van der Waals surface area (Å²) in [5, 5.41) is 0. The Balaban J connectivity index is 2.25. The molecule has 0 aliphatic rings. The molecule has 0 aliphatic heterocycles. The molecule has 2 rings (SSSR count). The minimum atomic E-state index is -0.652. The summed E-state index contributed by atoms with van der Waals surface area (Å²) < 4.78 is 27.5. The number of halogens is 3. The van der Waals surface area contributed by atoms with Crippen LogP contribution in [0.25, 0.3) is 0 Å². The molecule has 2 N–H and O–H groups in total. The third kappa shape index (κ3) is 3.17. The molecule has 0 heterocycles. The first kappa shape index (κ1) is 13.7. The Hall–Kier alpha value is -1.75. The molecule has 0 fully saturated rings. The van der Waals surface area contributed by atoms with Crippen molar-refractivity contribution in [2.24, 2.45) is 0 Å². The first-order chi connectivity index (χ1) is 8.97. The SMILES string of the molecule is Nc1ccc(C(=O)Cc2cc(Br)ccc2F)cc1F. The molecule has 2 aromatic rings. The number of hydrogen-bond acceptors (Lipinski definition) is 2. The molecule has 19 heavy (non-hydrogen) atoms. The van der Waals surface area contributed by atoms with Crippen LogP contribution in [-0.4, -0.2) is 5.78 Å². The van der Waals surface area contributed by atoms with E-state index in [1.165, 1.54) is 24.3 Å². The average molecular weight is 326 g/mol. The molecule has 0 bridgehead atoms. The van der Waals surface area contributed by atoms with Crippen LogP contribution in [0.1, 0.15) is 15.9 Å². The second-order valence-corrected chi connectivity index (χ2v) is 4.99. The van der Waals surface area contributed by atoms with Crippen LogP contribution in [0.4, 0.5) is 14.5 Å². The van der Waals surface area contributed by atoms with Gasteiger partial charge in [0.05, 0.1) is 5.69 Å². The summed E-state index contributed by atoms with van der Waals surface area (Å²) >= 11 is 3.21. The quantitative estimate of drug-likeness (QED) is 0.690. The van der Waals surface area contributed by atoms with Gasteiger partial charge in [0.25, 0.3) is 0 Å². The number of anilines is 1. The van der Waals surface area contributed by atoms with E-state index in [2.05, 4.69) is 15.9 Å². The molecule has 0 aliphatic carbocycles. The molecule has 98 valence electrons. The Bertz CT molecular complexity index is 643. The van der Waals surface area contributed by atoms with E-state index in [1.807, 2.05) is 0 Å². The van der Waals surface area contributed by atoms with Gasteiger partial charge in [-0.05, 0) is 42.0 Å². The molecular weight excluding hydrogens is 316 g/mol. The Morgan fingerprint density at radius 3 is 2.53 bits per heavy atom. The van der Waals surface area contributed by atoms with Gasteiger partial charge in [0.2, 0.25) is 0 Å². The van der Waals surface area contributed by atoms with E-state index < -0.39 is 11.6 Å². The summed E-state index contributed by atoms with van der Waals surface area (Å²) in [5.41, 5.74) is 5.74. The fourth-order valence-electron chi connectivity index (χ4n) is 1.65. The number of benzene rings is 2. The molecule has 2 nitrogen and oxygen atoms in total. The molecule has 0 atom stereocenters. The second-order valence-electron chi connectivity index (χ2n) is 4.07. The zero-order valence-electron chi connectivity index (χ0n) is 9.79. The van der Waals surface area contributed by atoms with Gasteiger partial charge in [0.15, 0.2) is 5.78 Å². The molecule has 5 heteroatoms. The molecule has 0 radical (unpaired) electrons. The average Bonchev–Trinajstić information content (AvgIpc) is 2.37. The molecule has 0 unspecified atom stereocenters. The van der Waals surface area contributed by atoms with Gasteiger partial charge in [-0.15, -0.1) is 0 Å². The van der Waals surface area contributed by atoms with E-state index in [1.54, 1.807) is 6.07 Å². The van der Waals surface area contributed by atoms with Crippen LogP contribution in [-0.2, 0) is 6.42 Å². The Morgan fingerprint density at radius 1 is 1.11 bits per heavy atom. The summed E-state index contributed by atoms with van der Waals surface area (Å²) in [5.74, 6) is -1.48. The number of rotatable bonds is 3. The van der Waals surface area contributed by atoms with Gasteiger partial charge in [-0.1, -0.05) is 15.9 Å². The van der Waals surface area contributed by atoms with Gasteiger partial charge in [0.1, 0.15) is 11.6 Å². The van der Waals surface area contributed by atoms with Crippen molar-refractivity contribution < 1.29 is 13.6 Å². The van der Waals surface area contributed by atoms with Crippen LogP contribution in [0, 0.1) is 11.6 Å². The molecular formula is C14H10BrF2NO. The standard InChI is InChI=1S/C14H10BrF2NO/c15-10-2-3-11(16)9(5-10)7-14(19)8-1-4-13(18)12(17)6-8/h1-6H,7,18H2. The Kier molecular flexibility index (Phi) is 3.95. The van der Waals surface area contributed by atoms with E-state index >= 15 is 0 Å². The van der Waals surface area contributed by atoms with Crippen LogP contribution in [0.3, 0.4) is 0 Å². The van der Waals surface area contributed by atoms with Crippen molar-refractivity contribution in [2.75, 3.05) is 5.73 Å². The van der Waals surface area contributed by atoms with Crippen molar-refractivity contribution in [1.29, 1.82) is 0 Å². The normalized spacial score (nSPS) is 10.5. The number of carbonyl (C=O) groups is 1. The van der Waals surface area contributed by atoms with Crippen molar-refractivity contribution in [3.8, 4) is 0 Å². The third-order valence-corrected chi connectivity index (χ3v) is 3.17. The van der Waals surface area contributed by atoms with Gasteiger partial charge in [0, 0.05) is 16.5 Å². The lowest BCUT2D eigenvalue weighted by atomic mass is 10.0. The monoisotopic (exact) mass is 325 g/mol. The second kappa shape index (κ2) is 5.48. The van der Waals surface area contributed by atoms with Gasteiger partial charge < -0.3 is 5.73 Å². The third-order valence-electron chi connectivity index (χ3n) is 2.68. The largest absolute Gasteiger partial charge is 0.396 e. The van der Waals surface area contributed by atoms with Crippen molar-refractivity contribution in [1.82, 2.24) is 0 Å². The fourth-order valence-corrected chi connectivity index (χ4v) is 2.06. The zero-order chi connectivity index (χ0) is 14.0. The smallest absolute Gasteiger partial charge is 0.167 e. The number of hydrogen-bond donors (Lipinski definition) is 1. The molecule has 0 spiro atoms.